The molecule has 1 amide bonds. The van der Waals surface area contributed by atoms with Gasteiger partial charge in [0.2, 0.25) is 0 Å². The third kappa shape index (κ3) is 2.99. The molecular weight excluding hydrogens is 256 g/mol. The summed E-state index contributed by atoms with van der Waals surface area (Å²) in [4.78, 5) is 11.9. The number of amides is 1. The fourth-order valence-corrected chi connectivity index (χ4v) is 2.01. The fourth-order valence-electron chi connectivity index (χ4n) is 2.01. The highest BCUT2D eigenvalue weighted by atomic mass is 16.5. The van der Waals surface area contributed by atoms with Crippen molar-refractivity contribution in [3.05, 3.63) is 52.7 Å². The number of ether oxygens (including phenoxy) is 1. The van der Waals surface area contributed by atoms with Crippen LogP contribution in [0.2, 0.25) is 0 Å². The van der Waals surface area contributed by atoms with Crippen molar-refractivity contribution in [2.45, 2.75) is 26.9 Å². The van der Waals surface area contributed by atoms with Crippen LogP contribution in [0.15, 0.2) is 45.7 Å². The second-order valence-electron chi connectivity index (χ2n) is 4.46. The third-order valence-corrected chi connectivity index (χ3v) is 3.02. The van der Waals surface area contributed by atoms with Crippen molar-refractivity contribution in [3.63, 3.8) is 0 Å². The minimum Gasteiger partial charge on any atom is -0.486 e. The van der Waals surface area contributed by atoms with Crippen molar-refractivity contribution in [1.29, 1.82) is 0 Å². The Morgan fingerprint density at radius 3 is 3.00 bits per heavy atom. The average Bonchev–Trinajstić information content (AvgIpc) is 2.89. The molecule has 0 aliphatic heterocycles. The van der Waals surface area contributed by atoms with Gasteiger partial charge in [0.15, 0.2) is 0 Å². The quantitative estimate of drug-likeness (QED) is 0.915. The predicted molar refractivity (Wildman–Crippen MR) is 74.6 cm³/mol. The van der Waals surface area contributed by atoms with Gasteiger partial charge >= 0.3 is 0 Å². The lowest BCUT2D eigenvalue weighted by Gasteiger charge is -2.18. The van der Waals surface area contributed by atoms with Crippen molar-refractivity contribution in [2.75, 3.05) is 7.05 Å². The first-order chi connectivity index (χ1) is 9.65. The maximum absolute atomic E-state index is 11.9. The maximum Gasteiger partial charge on any atom is 0.254 e. The number of nitrogens with zero attached hydrogens (tertiary/aromatic N) is 1. The molecule has 0 saturated heterocycles. The highest BCUT2D eigenvalue weighted by Crippen LogP contribution is 2.27. The zero-order chi connectivity index (χ0) is 14.5. The number of nitrogens with one attached hydrogen (secondary N) is 1. The van der Waals surface area contributed by atoms with Gasteiger partial charge in [-0.2, -0.15) is 0 Å². The summed E-state index contributed by atoms with van der Waals surface area (Å²) in [6, 6.07) is 1.81. The molecule has 20 heavy (non-hydrogen) atoms. The van der Waals surface area contributed by atoms with Crippen LogP contribution < -0.4 is 5.32 Å². The molecule has 5 heteroatoms. The topological polar surface area (TPSA) is 64.4 Å². The monoisotopic (exact) mass is 274 g/mol. The van der Waals surface area contributed by atoms with Gasteiger partial charge in [0, 0.05) is 13.1 Å². The van der Waals surface area contributed by atoms with E-state index in [0.717, 1.165) is 17.8 Å². The molecule has 0 spiro atoms. The van der Waals surface area contributed by atoms with Gasteiger partial charge < -0.3 is 14.6 Å². The van der Waals surface area contributed by atoms with Crippen LogP contribution in [-0.2, 0) is 16.1 Å². The number of carbonyl (C=O) groups excluding carboxylic acids is 1. The molecule has 1 N–H and O–H groups in total. The Bertz CT molecular complexity index is 594. The summed E-state index contributed by atoms with van der Waals surface area (Å²) in [5.41, 5.74) is 2.23. The summed E-state index contributed by atoms with van der Waals surface area (Å²) < 4.78 is 10.8. The van der Waals surface area contributed by atoms with Gasteiger partial charge in [-0.05, 0) is 31.9 Å². The lowest BCUT2D eigenvalue weighted by atomic mass is 9.98. The Kier molecular flexibility index (Phi) is 4.40. The van der Waals surface area contributed by atoms with E-state index in [1.54, 1.807) is 13.1 Å². The Morgan fingerprint density at radius 2 is 2.40 bits per heavy atom. The van der Waals surface area contributed by atoms with E-state index in [9.17, 15) is 4.79 Å². The molecule has 1 aromatic heterocycles. The van der Waals surface area contributed by atoms with Crippen LogP contribution in [0.5, 0.6) is 0 Å². The molecule has 0 bridgehead atoms. The number of allylic oxidation sites excluding steroid dienone is 3. The second kappa shape index (κ2) is 6.23. The van der Waals surface area contributed by atoms with Crippen LogP contribution in [-0.4, -0.2) is 18.1 Å². The molecule has 0 unspecified atom stereocenters. The zero-order valence-electron chi connectivity index (χ0n) is 11.9. The molecule has 0 aromatic carbocycles. The van der Waals surface area contributed by atoms with E-state index in [0.29, 0.717) is 17.0 Å². The Labute approximate surface area is 118 Å². The van der Waals surface area contributed by atoms with E-state index in [1.165, 1.54) is 0 Å². The standard InChI is InChI=1S/C15H18N2O3/c1-4-11-6-5-7-13(15(18)16-3)14(11)19-9-12-8-10(2)20-17-12/h4-5,7-8H,6,9H2,1-3H3,(H,16,18)/b11-4+. The van der Waals surface area contributed by atoms with E-state index in [2.05, 4.69) is 10.5 Å². The van der Waals surface area contributed by atoms with Gasteiger partial charge in [-0.1, -0.05) is 17.3 Å². The van der Waals surface area contributed by atoms with E-state index in [-0.39, 0.29) is 12.5 Å². The Morgan fingerprint density at radius 1 is 1.60 bits per heavy atom. The minimum atomic E-state index is -0.161. The van der Waals surface area contributed by atoms with E-state index >= 15 is 0 Å². The summed E-state index contributed by atoms with van der Waals surface area (Å²) >= 11 is 0. The molecule has 0 saturated carbocycles. The van der Waals surface area contributed by atoms with Crippen LogP contribution in [0.25, 0.3) is 0 Å². The highest BCUT2D eigenvalue weighted by molar-refractivity contribution is 5.97. The van der Waals surface area contributed by atoms with Gasteiger partial charge in [0.25, 0.3) is 5.91 Å². The number of aromatic nitrogens is 1. The molecule has 0 radical (unpaired) electrons. The maximum atomic E-state index is 11.9. The lowest BCUT2D eigenvalue weighted by Crippen LogP contribution is -2.22. The summed E-state index contributed by atoms with van der Waals surface area (Å²) in [5.74, 6) is 1.18. The molecule has 1 heterocycles. The van der Waals surface area contributed by atoms with Crippen LogP contribution >= 0.6 is 0 Å². The smallest absolute Gasteiger partial charge is 0.254 e. The minimum absolute atomic E-state index is 0.161. The molecular formula is C15H18N2O3. The number of rotatable bonds is 4. The van der Waals surface area contributed by atoms with Gasteiger partial charge in [-0.15, -0.1) is 0 Å². The average molecular weight is 274 g/mol. The van der Waals surface area contributed by atoms with Crippen molar-refractivity contribution in [1.82, 2.24) is 10.5 Å². The molecule has 1 aliphatic carbocycles. The second-order valence-corrected chi connectivity index (χ2v) is 4.46. The third-order valence-electron chi connectivity index (χ3n) is 3.02. The molecule has 0 fully saturated rings. The van der Waals surface area contributed by atoms with Crippen LogP contribution in [0.3, 0.4) is 0 Å². The van der Waals surface area contributed by atoms with Crippen LogP contribution in [0, 0.1) is 6.92 Å². The number of hydrogen-bond donors (Lipinski definition) is 1. The van der Waals surface area contributed by atoms with Crippen LogP contribution in [0.1, 0.15) is 24.8 Å². The largest absolute Gasteiger partial charge is 0.486 e. The van der Waals surface area contributed by atoms with E-state index in [4.69, 9.17) is 9.26 Å². The molecule has 1 aliphatic rings. The fraction of sp³-hybridized carbons (Fsp3) is 0.333. The Hall–Kier alpha value is -2.30. The first-order valence-corrected chi connectivity index (χ1v) is 6.49. The SMILES string of the molecule is C/C=C1\CC=CC(C(=O)NC)=C1OCc1cc(C)on1. The predicted octanol–water partition coefficient (Wildman–Crippen LogP) is 2.41. The van der Waals surface area contributed by atoms with Crippen molar-refractivity contribution in [2.24, 2.45) is 0 Å². The zero-order valence-corrected chi connectivity index (χ0v) is 11.9. The summed E-state index contributed by atoms with van der Waals surface area (Å²) in [6.45, 7) is 4.03. The van der Waals surface area contributed by atoms with Crippen molar-refractivity contribution < 1.29 is 14.1 Å². The first kappa shape index (κ1) is 14.1. The number of hydrogen-bond acceptors (Lipinski definition) is 4. The molecule has 106 valence electrons. The van der Waals surface area contributed by atoms with Crippen molar-refractivity contribution >= 4 is 5.91 Å². The molecule has 2 rings (SSSR count). The summed E-state index contributed by atoms with van der Waals surface area (Å²) in [7, 11) is 1.60. The van der Waals surface area contributed by atoms with E-state index in [1.807, 2.05) is 32.1 Å². The van der Waals surface area contributed by atoms with Crippen LogP contribution in [0.4, 0.5) is 0 Å². The van der Waals surface area contributed by atoms with Gasteiger partial charge in [-0.25, -0.2) is 0 Å². The highest BCUT2D eigenvalue weighted by Gasteiger charge is 2.20. The molecule has 0 atom stereocenters. The molecule has 1 aromatic rings. The molecule has 5 nitrogen and oxygen atoms in total. The number of carbonyl (C=O) groups is 1. The summed E-state index contributed by atoms with van der Waals surface area (Å²) in [5, 5.41) is 6.50. The normalized spacial score (nSPS) is 16.6. The van der Waals surface area contributed by atoms with Gasteiger partial charge in [0.05, 0.1) is 5.57 Å². The number of aryl methyl sites for hydroxylation is 1. The van der Waals surface area contributed by atoms with Gasteiger partial charge in [-0.3, -0.25) is 4.79 Å². The summed E-state index contributed by atoms with van der Waals surface area (Å²) in [6.07, 6.45) is 6.45. The first-order valence-electron chi connectivity index (χ1n) is 6.49. The van der Waals surface area contributed by atoms with Gasteiger partial charge in [0.1, 0.15) is 23.8 Å². The van der Waals surface area contributed by atoms with E-state index < -0.39 is 0 Å². The number of likely N-dealkylation sites (N-methyl/N-ethyl adjacent to an activating group) is 1. The lowest BCUT2D eigenvalue weighted by molar-refractivity contribution is -0.116. The Balaban J connectivity index is 2.24. The van der Waals surface area contributed by atoms with Crippen molar-refractivity contribution in [3.8, 4) is 0 Å².